The van der Waals surface area contributed by atoms with Gasteiger partial charge in [-0.2, -0.15) is 0 Å². The van der Waals surface area contributed by atoms with Gasteiger partial charge in [0.25, 0.3) is 0 Å². The van der Waals surface area contributed by atoms with Gasteiger partial charge in [0.15, 0.2) is 0 Å². The second kappa shape index (κ2) is 11.6. The number of carbonyl (C=O) groups is 3. The lowest BCUT2D eigenvalue weighted by atomic mass is 9.68. The van der Waals surface area contributed by atoms with Gasteiger partial charge in [-0.3, -0.25) is 14.4 Å². The van der Waals surface area contributed by atoms with Gasteiger partial charge in [0, 0.05) is 19.0 Å². The van der Waals surface area contributed by atoms with Crippen LogP contribution in [0.3, 0.4) is 0 Å². The molecule has 0 radical (unpaired) electrons. The quantitative estimate of drug-likeness (QED) is 0.459. The second-order valence-corrected chi connectivity index (χ2v) is 9.58. The molecule has 7 atom stereocenters. The lowest BCUT2D eigenvalue weighted by molar-refractivity contribution is -0.143. The van der Waals surface area contributed by atoms with Crippen LogP contribution in [0.2, 0.25) is 0 Å². The van der Waals surface area contributed by atoms with Crippen molar-refractivity contribution in [3.8, 4) is 0 Å². The number of rotatable bonds is 10. The Hall–Kier alpha value is -2.67. The van der Waals surface area contributed by atoms with E-state index in [0.29, 0.717) is 0 Å². The third kappa shape index (κ3) is 5.04. The Morgan fingerprint density at radius 2 is 1.79 bits per heavy atom. The Labute approximate surface area is 203 Å². The number of allylic oxidation sites excluding steroid dienone is 1. The molecule has 1 aromatic rings. The van der Waals surface area contributed by atoms with Crippen molar-refractivity contribution in [2.45, 2.75) is 64.6 Å². The van der Waals surface area contributed by atoms with Crippen molar-refractivity contribution in [1.29, 1.82) is 0 Å². The lowest BCUT2D eigenvalue weighted by Crippen LogP contribution is -2.51. The first-order valence-corrected chi connectivity index (χ1v) is 12.6. The molecule has 0 spiro atoms. The average molecular weight is 470 g/mol. The van der Waals surface area contributed by atoms with E-state index in [1.165, 1.54) is 0 Å². The Morgan fingerprint density at radius 1 is 1.09 bits per heavy atom. The van der Waals surface area contributed by atoms with E-state index in [1.54, 1.807) is 11.9 Å². The monoisotopic (exact) mass is 469 g/mol. The molecule has 2 aliphatic rings. The zero-order valence-electron chi connectivity index (χ0n) is 20.7. The molecule has 0 aromatic heterocycles. The number of likely N-dealkylation sites (tertiary alicyclic amines) is 1. The Kier molecular flexibility index (Phi) is 8.89. The fourth-order valence-corrected chi connectivity index (χ4v) is 5.78. The van der Waals surface area contributed by atoms with Crippen molar-refractivity contribution < 1.29 is 19.5 Å². The minimum Gasteiger partial charge on any atom is -0.394 e. The van der Waals surface area contributed by atoms with Crippen LogP contribution in [0.5, 0.6) is 0 Å². The molecule has 7 heteroatoms. The van der Waals surface area contributed by atoms with E-state index >= 15 is 0 Å². The molecule has 1 aliphatic carbocycles. The number of benzene rings is 1. The summed E-state index contributed by atoms with van der Waals surface area (Å²) in [6.07, 6.45) is 7.43. The number of nitrogens with one attached hydrogen (secondary N) is 2. The summed E-state index contributed by atoms with van der Waals surface area (Å²) in [5.74, 6) is -2.34. The molecule has 186 valence electrons. The molecule has 1 unspecified atom stereocenters. The van der Waals surface area contributed by atoms with Crippen LogP contribution >= 0.6 is 0 Å². The maximum atomic E-state index is 14.0. The highest BCUT2D eigenvalue weighted by Crippen LogP contribution is 2.47. The highest BCUT2D eigenvalue weighted by molar-refractivity contribution is 5.97. The van der Waals surface area contributed by atoms with E-state index in [0.717, 1.165) is 31.2 Å². The molecule has 1 aliphatic heterocycles. The molecular formula is C27H39N3O4. The maximum absolute atomic E-state index is 14.0. The van der Waals surface area contributed by atoms with Crippen molar-refractivity contribution in [3.63, 3.8) is 0 Å². The summed E-state index contributed by atoms with van der Waals surface area (Å²) < 4.78 is 0. The van der Waals surface area contributed by atoms with Gasteiger partial charge in [0.2, 0.25) is 17.7 Å². The minimum absolute atomic E-state index is 0.0343. The van der Waals surface area contributed by atoms with E-state index in [-0.39, 0.29) is 36.3 Å². The van der Waals surface area contributed by atoms with Crippen LogP contribution in [0.4, 0.5) is 0 Å². The molecule has 7 nitrogen and oxygen atoms in total. The summed E-state index contributed by atoms with van der Waals surface area (Å²) in [5, 5.41) is 16.2. The first-order chi connectivity index (χ1) is 16.4. The Bertz CT molecular complexity index is 887. The standard InChI is InChI=1S/C27H39N3O4/c1-5-10-17(3)29-26(33)24-20-15-14-19(11-6-2)22(25(32)28-4)23(20)27(34)30(24)21(16-31)18-12-8-7-9-13-18/h7-9,12-15,17,19-24,31H,5-6,10-11,16H2,1-4H3,(H,28,32)(H,29,33)/t17?,19-,20+,21-,22-,23-,24+/m1/s1. The van der Waals surface area contributed by atoms with Gasteiger partial charge in [-0.25, -0.2) is 0 Å². The van der Waals surface area contributed by atoms with E-state index < -0.39 is 29.8 Å². The summed E-state index contributed by atoms with van der Waals surface area (Å²) in [5.41, 5.74) is 0.766. The number of fused-ring (bicyclic) bond motifs is 1. The molecule has 1 fully saturated rings. The summed E-state index contributed by atoms with van der Waals surface area (Å²) in [6.45, 7) is 5.78. The van der Waals surface area contributed by atoms with Crippen molar-refractivity contribution in [2.24, 2.45) is 23.7 Å². The van der Waals surface area contributed by atoms with Crippen LogP contribution in [-0.4, -0.2) is 53.5 Å². The number of amides is 3. The molecule has 1 heterocycles. The van der Waals surface area contributed by atoms with E-state index in [2.05, 4.69) is 24.5 Å². The first kappa shape index (κ1) is 25.9. The van der Waals surface area contributed by atoms with E-state index in [9.17, 15) is 19.5 Å². The smallest absolute Gasteiger partial charge is 0.243 e. The van der Waals surface area contributed by atoms with E-state index in [1.807, 2.05) is 49.4 Å². The predicted molar refractivity (Wildman–Crippen MR) is 131 cm³/mol. The summed E-state index contributed by atoms with van der Waals surface area (Å²) in [6, 6.07) is 7.81. The molecule has 3 N–H and O–H groups in total. The topological polar surface area (TPSA) is 98.7 Å². The van der Waals surface area contributed by atoms with Crippen LogP contribution in [0.25, 0.3) is 0 Å². The normalized spacial score (nSPS) is 27.7. The zero-order valence-corrected chi connectivity index (χ0v) is 20.7. The number of carbonyl (C=O) groups excluding carboxylic acids is 3. The average Bonchev–Trinajstić information content (AvgIpc) is 3.12. The number of hydrogen-bond donors (Lipinski definition) is 3. The molecule has 34 heavy (non-hydrogen) atoms. The Morgan fingerprint density at radius 3 is 2.38 bits per heavy atom. The van der Waals surface area contributed by atoms with E-state index in [4.69, 9.17) is 0 Å². The van der Waals surface area contributed by atoms with Gasteiger partial charge in [-0.05, 0) is 31.2 Å². The molecule has 0 bridgehead atoms. The molecule has 3 amide bonds. The fraction of sp³-hybridized carbons (Fsp3) is 0.593. The van der Waals surface area contributed by atoms with Crippen LogP contribution < -0.4 is 10.6 Å². The Balaban J connectivity index is 2.08. The van der Waals surface area contributed by atoms with Crippen molar-refractivity contribution in [3.05, 3.63) is 48.0 Å². The third-order valence-electron chi connectivity index (χ3n) is 7.29. The van der Waals surface area contributed by atoms with Gasteiger partial charge >= 0.3 is 0 Å². The number of aliphatic hydroxyl groups excluding tert-OH is 1. The number of nitrogens with zero attached hydrogens (tertiary/aromatic N) is 1. The van der Waals surface area contributed by atoms with Gasteiger partial charge < -0.3 is 20.6 Å². The maximum Gasteiger partial charge on any atom is 0.243 e. The number of hydrogen-bond acceptors (Lipinski definition) is 4. The molecular weight excluding hydrogens is 430 g/mol. The second-order valence-electron chi connectivity index (χ2n) is 9.58. The van der Waals surface area contributed by atoms with Gasteiger partial charge in [-0.15, -0.1) is 0 Å². The summed E-state index contributed by atoms with van der Waals surface area (Å²) in [4.78, 5) is 42.2. The first-order valence-electron chi connectivity index (χ1n) is 12.6. The van der Waals surface area contributed by atoms with Crippen molar-refractivity contribution in [2.75, 3.05) is 13.7 Å². The lowest BCUT2D eigenvalue weighted by Gasteiger charge is -2.35. The molecule has 1 aromatic carbocycles. The van der Waals surface area contributed by atoms with Crippen LogP contribution in [0, 0.1) is 23.7 Å². The SMILES string of the molecule is CCCC(C)NC(=O)[C@@H]1[C@H]2C=C[C@@H](CCC)[C@@H](C(=O)NC)[C@@H]2C(=O)N1[C@H](CO)c1ccccc1. The van der Waals surface area contributed by atoms with Crippen molar-refractivity contribution in [1.82, 2.24) is 15.5 Å². The van der Waals surface area contributed by atoms with Crippen LogP contribution in [0.15, 0.2) is 42.5 Å². The largest absolute Gasteiger partial charge is 0.394 e. The minimum atomic E-state index is -0.792. The van der Waals surface area contributed by atoms with Gasteiger partial charge in [-0.1, -0.05) is 69.2 Å². The summed E-state index contributed by atoms with van der Waals surface area (Å²) >= 11 is 0. The highest BCUT2D eigenvalue weighted by atomic mass is 16.3. The van der Waals surface area contributed by atoms with Crippen molar-refractivity contribution >= 4 is 17.7 Å². The molecule has 1 saturated heterocycles. The van der Waals surface area contributed by atoms with Crippen LogP contribution in [0.1, 0.15) is 58.1 Å². The van der Waals surface area contributed by atoms with Crippen LogP contribution in [-0.2, 0) is 14.4 Å². The van der Waals surface area contributed by atoms with Gasteiger partial charge in [0.05, 0.1) is 24.5 Å². The van der Waals surface area contributed by atoms with Gasteiger partial charge in [0.1, 0.15) is 6.04 Å². The fourth-order valence-electron chi connectivity index (χ4n) is 5.78. The highest BCUT2D eigenvalue weighted by Gasteiger charge is 2.58. The molecule has 0 saturated carbocycles. The predicted octanol–water partition coefficient (Wildman–Crippen LogP) is 2.82. The number of aliphatic hydroxyl groups is 1. The summed E-state index contributed by atoms with van der Waals surface area (Å²) in [7, 11) is 1.59. The zero-order chi connectivity index (χ0) is 24.8. The third-order valence-corrected chi connectivity index (χ3v) is 7.29. The molecule has 3 rings (SSSR count).